The maximum atomic E-state index is 9.56. The molecule has 0 aliphatic heterocycles. The highest BCUT2D eigenvalue weighted by atomic mass is 16.3. The van der Waals surface area contributed by atoms with Crippen LogP contribution in [0.5, 0.6) is 5.75 Å². The molecule has 1 nitrogen and oxygen atoms in total. The number of rotatable bonds is 2. The summed E-state index contributed by atoms with van der Waals surface area (Å²) < 4.78 is 0. The quantitative estimate of drug-likeness (QED) is 0.749. The lowest BCUT2D eigenvalue weighted by Crippen LogP contribution is -1.84. The van der Waals surface area contributed by atoms with Gasteiger partial charge < -0.3 is 5.11 Å². The van der Waals surface area contributed by atoms with Crippen LogP contribution in [-0.4, -0.2) is 5.11 Å². The molecule has 1 rings (SSSR count). The molecule has 0 aromatic heterocycles. The van der Waals surface area contributed by atoms with E-state index in [1.165, 1.54) is 0 Å². The molecule has 1 aromatic rings. The summed E-state index contributed by atoms with van der Waals surface area (Å²) in [4.78, 5) is 0. The van der Waals surface area contributed by atoms with Gasteiger partial charge in [0.25, 0.3) is 0 Å². The summed E-state index contributed by atoms with van der Waals surface area (Å²) in [6.07, 6.45) is 8.01. The lowest BCUT2D eigenvalue weighted by Gasteiger charge is -2.05. The van der Waals surface area contributed by atoms with Crippen LogP contribution in [0.3, 0.4) is 0 Å². The first-order chi connectivity index (χ1) is 6.69. The second-order valence-corrected chi connectivity index (χ2v) is 3.27. The van der Waals surface area contributed by atoms with Crippen LogP contribution in [0.4, 0.5) is 0 Å². The highest BCUT2D eigenvalue weighted by molar-refractivity contribution is 5.67. The minimum absolute atomic E-state index is 0.353. The van der Waals surface area contributed by atoms with Crippen LogP contribution in [0.25, 0.3) is 12.2 Å². The Labute approximate surface area is 85.4 Å². The minimum atomic E-state index is 0.353. The molecule has 14 heavy (non-hydrogen) atoms. The van der Waals surface area contributed by atoms with Gasteiger partial charge in [0.1, 0.15) is 5.75 Å². The average Bonchev–Trinajstić information content (AvgIpc) is 2.14. The maximum Gasteiger partial charge on any atom is 0.119 e. The van der Waals surface area contributed by atoms with Gasteiger partial charge in [0.2, 0.25) is 0 Å². The Hall–Kier alpha value is -1.50. The number of benzene rings is 1. The van der Waals surface area contributed by atoms with Gasteiger partial charge in [-0.1, -0.05) is 24.3 Å². The van der Waals surface area contributed by atoms with Crippen LogP contribution in [0.2, 0.25) is 0 Å². The van der Waals surface area contributed by atoms with Gasteiger partial charge >= 0.3 is 0 Å². The number of phenols is 1. The molecule has 1 aromatic carbocycles. The first-order valence-corrected chi connectivity index (χ1v) is 4.78. The van der Waals surface area contributed by atoms with Gasteiger partial charge in [0.05, 0.1) is 0 Å². The Kier molecular flexibility index (Phi) is 3.52. The number of phenolic OH excluding ortho intramolecular Hbond substituents is 1. The minimum Gasteiger partial charge on any atom is -0.508 e. The van der Waals surface area contributed by atoms with Gasteiger partial charge in [-0.25, -0.2) is 0 Å². The topological polar surface area (TPSA) is 20.2 Å². The first-order valence-electron chi connectivity index (χ1n) is 4.78. The summed E-state index contributed by atoms with van der Waals surface area (Å²) in [5.41, 5.74) is 3.10. The lowest BCUT2D eigenvalue weighted by atomic mass is 10.0. The van der Waals surface area contributed by atoms with Crippen LogP contribution in [0.15, 0.2) is 24.3 Å². The predicted octanol–water partition coefficient (Wildman–Crippen LogP) is 3.77. The smallest absolute Gasteiger partial charge is 0.119 e. The highest BCUT2D eigenvalue weighted by Gasteiger charge is 2.01. The molecular formula is C13H16O. The standard InChI is InChI=1S/C13H16O/c1-4-6-11-8-10(3)13(14)9-12(11)7-5-2/h4-9,14H,1-3H3/b6-4-,7-5-. The molecule has 0 atom stereocenters. The number of allylic oxidation sites excluding steroid dienone is 2. The van der Waals surface area contributed by atoms with E-state index in [1.807, 2.05) is 51.1 Å². The second-order valence-electron chi connectivity index (χ2n) is 3.27. The molecule has 0 aliphatic rings. The molecule has 0 heterocycles. The van der Waals surface area contributed by atoms with E-state index in [9.17, 15) is 5.11 Å². The van der Waals surface area contributed by atoms with Crippen LogP contribution < -0.4 is 0 Å². The van der Waals surface area contributed by atoms with Crippen molar-refractivity contribution in [2.45, 2.75) is 20.8 Å². The average molecular weight is 188 g/mol. The van der Waals surface area contributed by atoms with Crippen molar-refractivity contribution in [1.82, 2.24) is 0 Å². The second kappa shape index (κ2) is 4.66. The van der Waals surface area contributed by atoms with E-state index in [-0.39, 0.29) is 0 Å². The Morgan fingerprint density at radius 3 is 2.00 bits per heavy atom. The number of aryl methyl sites for hydroxylation is 1. The fraction of sp³-hybridized carbons (Fsp3) is 0.231. The lowest BCUT2D eigenvalue weighted by molar-refractivity contribution is 0.471. The van der Waals surface area contributed by atoms with E-state index in [4.69, 9.17) is 0 Å². The molecule has 0 bridgehead atoms. The van der Waals surface area contributed by atoms with Crippen molar-refractivity contribution in [2.24, 2.45) is 0 Å². The van der Waals surface area contributed by atoms with E-state index < -0.39 is 0 Å². The number of hydrogen-bond donors (Lipinski definition) is 1. The van der Waals surface area contributed by atoms with Crippen molar-refractivity contribution < 1.29 is 5.11 Å². The zero-order valence-electron chi connectivity index (χ0n) is 8.91. The Morgan fingerprint density at radius 2 is 1.50 bits per heavy atom. The Bertz CT molecular complexity index is 336. The number of aromatic hydroxyl groups is 1. The van der Waals surface area contributed by atoms with Crippen LogP contribution in [0.1, 0.15) is 30.5 Å². The molecule has 1 N–H and O–H groups in total. The van der Waals surface area contributed by atoms with Crippen molar-refractivity contribution in [1.29, 1.82) is 0 Å². The van der Waals surface area contributed by atoms with E-state index in [0.29, 0.717) is 5.75 Å². The highest BCUT2D eigenvalue weighted by Crippen LogP contribution is 2.23. The summed E-state index contributed by atoms with van der Waals surface area (Å²) in [5.74, 6) is 0.353. The van der Waals surface area contributed by atoms with Gasteiger partial charge in [0, 0.05) is 0 Å². The van der Waals surface area contributed by atoms with Crippen molar-refractivity contribution in [3.05, 3.63) is 41.0 Å². The van der Waals surface area contributed by atoms with Crippen LogP contribution >= 0.6 is 0 Å². The van der Waals surface area contributed by atoms with Gasteiger partial charge in [-0.05, 0) is 49.6 Å². The monoisotopic (exact) mass is 188 g/mol. The third-order valence-electron chi connectivity index (χ3n) is 2.09. The van der Waals surface area contributed by atoms with Crippen molar-refractivity contribution in [3.63, 3.8) is 0 Å². The van der Waals surface area contributed by atoms with Gasteiger partial charge in [-0.2, -0.15) is 0 Å². The van der Waals surface area contributed by atoms with Crippen molar-refractivity contribution >= 4 is 12.2 Å². The summed E-state index contributed by atoms with van der Waals surface area (Å²) in [6, 6.07) is 3.79. The van der Waals surface area contributed by atoms with Crippen LogP contribution in [0, 0.1) is 6.92 Å². The summed E-state index contributed by atoms with van der Waals surface area (Å²) in [6.45, 7) is 5.86. The number of hydrogen-bond acceptors (Lipinski definition) is 1. The van der Waals surface area contributed by atoms with Crippen LogP contribution in [-0.2, 0) is 0 Å². The molecule has 0 saturated carbocycles. The van der Waals surface area contributed by atoms with Gasteiger partial charge in [0.15, 0.2) is 0 Å². The molecule has 0 amide bonds. The normalized spacial score (nSPS) is 11.6. The first kappa shape index (κ1) is 10.6. The molecule has 1 heteroatoms. The van der Waals surface area contributed by atoms with Gasteiger partial charge in [-0.3, -0.25) is 0 Å². The Balaban J connectivity index is 3.30. The molecule has 0 saturated heterocycles. The van der Waals surface area contributed by atoms with E-state index in [0.717, 1.165) is 16.7 Å². The molecule has 0 radical (unpaired) electrons. The molecule has 0 spiro atoms. The fourth-order valence-corrected chi connectivity index (χ4v) is 1.38. The largest absolute Gasteiger partial charge is 0.508 e. The van der Waals surface area contributed by atoms with Gasteiger partial charge in [-0.15, -0.1) is 0 Å². The molecule has 0 unspecified atom stereocenters. The molecule has 74 valence electrons. The third-order valence-corrected chi connectivity index (χ3v) is 2.09. The van der Waals surface area contributed by atoms with E-state index in [1.54, 1.807) is 6.07 Å². The molecular weight excluding hydrogens is 172 g/mol. The Morgan fingerprint density at radius 1 is 1.00 bits per heavy atom. The SMILES string of the molecule is C/C=C\c1cc(C)c(O)cc1/C=C\C. The third kappa shape index (κ3) is 2.25. The zero-order chi connectivity index (χ0) is 10.6. The molecule has 0 aliphatic carbocycles. The van der Waals surface area contributed by atoms with E-state index >= 15 is 0 Å². The zero-order valence-corrected chi connectivity index (χ0v) is 8.91. The van der Waals surface area contributed by atoms with Crippen molar-refractivity contribution in [2.75, 3.05) is 0 Å². The van der Waals surface area contributed by atoms with E-state index in [2.05, 4.69) is 0 Å². The maximum absolute atomic E-state index is 9.56. The predicted molar refractivity (Wildman–Crippen MR) is 62.3 cm³/mol. The summed E-state index contributed by atoms with van der Waals surface area (Å²) in [5, 5.41) is 9.56. The fourth-order valence-electron chi connectivity index (χ4n) is 1.38. The molecule has 0 fully saturated rings. The summed E-state index contributed by atoms with van der Waals surface area (Å²) >= 11 is 0. The van der Waals surface area contributed by atoms with Crippen molar-refractivity contribution in [3.8, 4) is 5.75 Å². The summed E-state index contributed by atoms with van der Waals surface area (Å²) in [7, 11) is 0.